The maximum Gasteiger partial charge on any atom is 0.247 e. The number of carbonyl (C=O) groups is 1. The van der Waals surface area contributed by atoms with Gasteiger partial charge in [-0.3, -0.25) is 4.79 Å². The van der Waals surface area contributed by atoms with Crippen molar-refractivity contribution < 1.29 is 13.6 Å². The Kier molecular flexibility index (Phi) is 4.14. The highest BCUT2D eigenvalue weighted by Gasteiger charge is 2.36. The summed E-state index contributed by atoms with van der Waals surface area (Å²) in [6.07, 6.45) is 0. The van der Waals surface area contributed by atoms with Crippen LogP contribution >= 0.6 is 11.6 Å². The molecule has 0 saturated carbocycles. The van der Waals surface area contributed by atoms with E-state index in [4.69, 9.17) is 17.3 Å². The van der Waals surface area contributed by atoms with Crippen LogP contribution in [0, 0.1) is 11.6 Å². The van der Waals surface area contributed by atoms with E-state index in [0.717, 1.165) is 6.07 Å². The van der Waals surface area contributed by atoms with Crippen molar-refractivity contribution in [3.63, 3.8) is 0 Å². The Labute approximate surface area is 125 Å². The van der Waals surface area contributed by atoms with Crippen LogP contribution in [-0.4, -0.2) is 5.91 Å². The molecule has 1 amide bonds. The first-order chi connectivity index (χ1) is 9.84. The number of anilines is 1. The lowest BCUT2D eigenvalue weighted by atomic mass is 9.90. The van der Waals surface area contributed by atoms with Crippen molar-refractivity contribution in [3.05, 3.63) is 64.7 Å². The van der Waals surface area contributed by atoms with Crippen LogP contribution in [0.15, 0.2) is 42.5 Å². The lowest BCUT2D eigenvalue weighted by Crippen LogP contribution is -2.46. The van der Waals surface area contributed by atoms with Crippen LogP contribution < -0.4 is 11.1 Å². The van der Waals surface area contributed by atoms with Crippen molar-refractivity contribution >= 4 is 23.2 Å². The van der Waals surface area contributed by atoms with Crippen molar-refractivity contribution in [2.75, 3.05) is 5.32 Å². The molecule has 2 aromatic carbocycles. The van der Waals surface area contributed by atoms with Crippen molar-refractivity contribution in [1.82, 2.24) is 0 Å². The van der Waals surface area contributed by atoms with Gasteiger partial charge in [0.15, 0.2) is 0 Å². The number of carbonyl (C=O) groups excluding carboxylic acids is 1. The third-order valence-electron chi connectivity index (χ3n) is 3.22. The lowest BCUT2D eigenvalue weighted by molar-refractivity contribution is -0.122. The van der Waals surface area contributed by atoms with Gasteiger partial charge in [-0.1, -0.05) is 29.8 Å². The molecule has 3 nitrogen and oxygen atoms in total. The van der Waals surface area contributed by atoms with Gasteiger partial charge in [0.05, 0.1) is 10.7 Å². The zero-order valence-electron chi connectivity index (χ0n) is 11.2. The summed E-state index contributed by atoms with van der Waals surface area (Å²) in [4.78, 5) is 11.8. The molecule has 0 heterocycles. The van der Waals surface area contributed by atoms with Gasteiger partial charge < -0.3 is 11.1 Å². The van der Waals surface area contributed by atoms with Gasteiger partial charge in [-0.05, 0) is 25.1 Å². The van der Waals surface area contributed by atoms with Crippen LogP contribution in [0.1, 0.15) is 12.5 Å². The monoisotopic (exact) mass is 310 g/mol. The van der Waals surface area contributed by atoms with Gasteiger partial charge in [0.25, 0.3) is 0 Å². The van der Waals surface area contributed by atoms with Crippen molar-refractivity contribution in [2.24, 2.45) is 5.73 Å². The highest BCUT2D eigenvalue weighted by molar-refractivity contribution is 6.33. The molecule has 0 fully saturated rings. The Morgan fingerprint density at radius 3 is 2.48 bits per heavy atom. The van der Waals surface area contributed by atoms with Gasteiger partial charge in [0, 0.05) is 11.6 Å². The first kappa shape index (κ1) is 15.3. The van der Waals surface area contributed by atoms with E-state index in [1.54, 1.807) is 24.3 Å². The number of primary amides is 1. The summed E-state index contributed by atoms with van der Waals surface area (Å²) < 4.78 is 27.0. The fourth-order valence-electron chi connectivity index (χ4n) is 1.99. The summed E-state index contributed by atoms with van der Waals surface area (Å²) in [5, 5.41) is 3.18. The van der Waals surface area contributed by atoms with E-state index in [-0.39, 0.29) is 5.56 Å². The number of benzene rings is 2. The summed E-state index contributed by atoms with van der Waals surface area (Å²) in [5.74, 6) is -2.41. The second-order valence-electron chi connectivity index (χ2n) is 4.72. The van der Waals surface area contributed by atoms with Gasteiger partial charge in [0.2, 0.25) is 5.91 Å². The van der Waals surface area contributed by atoms with Crippen LogP contribution in [0.4, 0.5) is 14.5 Å². The molecule has 0 aliphatic rings. The Hall–Kier alpha value is -2.14. The maximum atomic E-state index is 14.0. The van der Waals surface area contributed by atoms with E-state index in [2.05, 4.69) is 5.32 Å². The van der Waals surface area contributed by atoms with Crippen molar-refractivity contribution in [3.8, 4) is 0 Å². The van der Waals surface area contributed by atoms with Crippen molar-refractivity contribution in [2.45, 2.75) is 12.5 Å². The number of amides is 1. The van der Waals surface area contributed by atoms with E-state index in [1.807, 2.05) is 0 Å². The molecular weight excluding hydrogens is 298 g/mol. The Morgan fingerprint density at radius 1 is 1.24 bits per heavy atom. The molecule has 0 bridgehead atoms. The number of nitrogens with one attached hydrogen (secondary N) is 1. The smallest absolute Gasteiger partial charge is 0.247 e. The van der Waals surface area contributed by atoms with Crippen LogP contribution in [0.3, 0.4) is 0 Å². The molecule has 1 unspecified atom stereocenters. The molecule has 0 saturated heterocycles. The third kappa shape index (κ3) is 2.97. The molecule has 2 aromatic rings. The number of nitrogens with two attached hydrogens (primary N) is 1. The molecule has 0 aliphatic carbocycles. The molecule has 0 radical (unpaired) electrons. The van der Waals surface area contributed by atoms with Crippen LogP contribution in [0.25, 0.3) is 0 Å². The second-order valence-corrected chi connectivity index (χ2v) is 5.13. The predicted octanol–water partition coefficient (Wildman–Crippen LogP) is 3.43. The van der Waals surface area contributed by atoms with E-state index in [9.17, 15) is 13.6 Å². The summed E-state index contributed by atoms with van der Waals surface area (Å²) in [7, 11) is 0. The fraction of sp³-hybridized carbons (Fsp3) is 0.133. The van der Waals surface area contributed by atoms with E-state index >= 15 is 0 Å². The minimum absolute atomic E-state index is 0.0590. The van der Waals surface area contributed by atoms with Gasteiger partial charge >= 0.3 is 0 Å². The van der Waals surface area contributed by atoms with Gasteiger partial charge in [-0.15, -0.1) is 0 Å². The summed E-state index contributed by atoms with van der Waals surface area (Å²) >= 11 is 6.02. The SMILES string of the molecule is CC(Nc1ccccc1Cl)(C(N)=O)c1ccc(F)cc1F. The van der Waals surface area contributed by atoms with E-state index in [1.165, 1.54) is 13.0 Å². The molecule has 21 heavy (non-hydrogen) atoms. The van der Waals surface area contributed by atoms with E-state index in [0.29, 0.717) is 16.8 Å². The van der Waals surface area contributed by atoms with Gasteiger partial charge in [-0.2, -0.15) is 0 Å². The molecule has 110 valence electrons. The Morgan fingerprint density at radius 2 is 1.90 bits per heavy atom. The first-order valence-corrected chi connectivity index (χ1v) is 6.50. The largest absolute Gasteiger partial charge is 0.367 e. The highest BCUT2D eigenvalue weighted by Crippen LogP contribution is 2.31. The van der Waals surface area contributed by atoms with Crippen LogP contribution in [-0.2, 0) is 10.3 Å². The first-order valence-electron chi connectivity index (χ1n) is 6.13. The molecule has 2 rings (SSSR count). The Bertz CT molecular complexity index is 693. The standard InChI is InChI=1S/C15H13ClF2N2O/c1-15(14(19)21,10-7-6-9(17)8-12(10)18)20-13-5-3-2-4-11(13)16/h2-8,20H,1H3,(H2,19,21). The minimum Gasteiger partial charge on any atom is -0.367 e. The fourth-order valence-corrected chi connectivity index (χ4v) is 2.17. The third-order valence-corrected chi connectivity index (χ3v) is 3.55. The number of halogens is 3. The van der Waals surface area contributed by atoms with Gasteiger partial charge in [0.1, 0.15) is 17.2 Å². The number of para-hydroxylation sites is 1. The molecule has 1 atom stereocenters. The van der Waals surface area contributed by atoms with Crippen LogP contribution in [0.2, 0.25) is 5.02 Å². The topological polar surface area (TPSA) is 55.1 Å². The highest BCUT2D eigenvalue weighted by atomic mass is 35.5. The van der Waals surface area contributed by atoms with Crippen LogP contribution in [0.5, 0.6) is 0 Å². The predicted molar refractivity (Wildman–Crippen MR) is 78.0 cm³/mol. The number of hydrogen-bond acceptors (Lipinski definition) is 2. The molecule has 0 aliphatic heterocycles. The number of hydrogen-bond donors (Lipinski definition) is 2. The molecule has 0 aromatic heterocycles. The normalized spacial score (nSPS) is 13.5. The zero-order valence-corrected chi connectivity index (χ0v) is 11.9. The number of rotatable bonds is 4. The van der Waals surface area contributed by atoms with E-state index < -0.39 is 23.1 Å². The lowest BCUT2D eigenvalue weighted by Gasteiger charge is -2.30. The summed E-state index contributed by atoms with van der Waals surface area (Å²) in [6.45, 7) is 1.41. The average Bonchev–Trinajstić information content (AvgIpc) is 2.41. The molecule has 0 spiro atoms. The zero-order chi connectivity index (χ0) is 15.6. The average molecular weight is 311 g/mol. The molecular formula is C15H13ClF2N2O. The maximum absolute atomic E-state index is 14.0. The molecule has 3 N–H and O–H groups in total. The Balaban J connectivity index is 2.51. The van der Waals surface area contributed by atoms with Crippen molar-refractivity contribution in [1.29, 1.82) is 0 Å². The summed E-state index contributed by atoms with van der Waals surface area (Å²) in [5.41, 5.74) is 4.20. The second kappa shape index (κ2) is 5.69. The minimum atomic E-state index is -1.57. The quantitative estimate of drug-likeness (QED) is 0.909. The molecule has 6 heteroatoms. The van der Waals surface area contributed by atoms with Gasteiger partial charge in [-0.25, -0.2) is 8.78 Å². The summed E-state index contributed by atoms with van der Waals surface area (Å²) in [6, 6.07) is 9.61.